The molecule has 0 N–H and O–H groups in total. The van der Waals surface area contributed by atoms with Gasteiger partial charge in [-0.3, -0.25) is 0 Å². The van der Waals surface area contributed by atoms with Crippen LogP contribution in [0.25, 0.3) is 0 Å². The molecule has 0 rings (SSSR count). The average Bonchev–Trinajstić information content (AvgIpc) is 2.02. The minimum absolute atomic E-state index is 0.822. The molecular formula is C11H21Br. The first-order valence-corrected chi connectivity index (χ1v) is 6.03. The van der Waals surface area contributed by atoms with Gasteiger partial charge in [-0.2, -0.15) is 0 Å². The summed E-state index contributed by atoms with van der Waals surface area (Å²) in [6.07, 6.45) is 8.30. The third-order valence-corrected chi connectivity index (χ3v) is 2.81. The largest absolute Gasteiger partial charge is 0.0925 e. The van der Waals surface area contributed by atoms with Gasteiger partial charge in [-0.1, -0.05) is 48.9 Å². The summed E-state index contributed by atoms with van der Waals surface area (Å²) in [6.45, 7) is 6.76. The molecule has 0 aromatic rings. The van der Waals surface area contributed by atoms with Crippen LogP contribution in [0.4, 0.5) is 0 Å². The smallest absolute Gasteiger partial charge is 0.00627 e. The van der Waals surface area contributed by atoms with E-state index < -0.39 is 0 Å². The summed E-state index contributed by atoms with van der Waals surface area (Å²) in [7, 11) is 0. The Labute approximate surface area is 85.6 Å². The molecule has 12 heavy (non-hydrogen) atoms. The lowest BCUT2D eigenvalue weighted by molar-refractivity contribution is 0.450. The minimum Gasteiger partial charge on any atom is -0.0925 e. The van der Waals surface area contributed by atoms with Crippen molar-refractivity contribution in [2.24, 2.45) is 11.8 Å². The second kappa shape index (κ2) is 7.85. The Hall–Kier alpha value is 0.220. The molecule has 0 bridgehead atoms. The normalized spacial score (nSPS) is 14.4. The molecule has 0 aromatic heterocycles. The Morgan fingerprint density at radius 1 is 1.25 bits per heavy atom. The summed E-state index contributed by atoms with van der Waals surface area (Å²) in [4.78, 5) is 0. The highest BCUT2D eigenvalue weighted by molar-refractivity contribution is 9.09. The zero-order chi connectivity index (χ0) is 9.40. The van der Waals surface area contributed by atoms with Crippen molar-refractivity contribution in [3.05, 3.63) is 12.2 Å². The number of halogens is 1. The van der Waals surface area contributed by atoms with Crippen LogP contribution in [0.2, 0.25) is 0 Å². The molecular weight excluding hydrogens is 212 g/mol. The standard InChI is InChI=1S/C11H21Br/c1-4-5-6-7-11(9-12)8-10(2)3/h5-6,10-11H,4,7-9H2,1-3H3/b6-5-. The van der Waals surface area contributed by atoms with E-state index in [1.807, 2.05) is 0 Å². The third-order valence-electron chi connectivity index (χ3n) is 1.89. The number of alkyl halides is 1. The molecule has 1 heteroatoms. The zero-order valence-electron chi connectivity index (χ0n) is 8.52. The summed E-state index contributed by atoms with van der Waals surface area (Å²) in [5.74, 6) is 1.65. The molecule has 0 saturated carbocycles. The lowest BCUT2D eigenvalue weighted by Gasteiger charge is -2.13. The summed E-state index contributed by atoms with van der Waals surface area (Å²) >= 11 is 3.56. The molecule has 0 saturated heterocycles. The first-order chi connectivity index (χ1) is 5.70. The van der Waals surface area contributed by atoms with Gasteiger partial charge in [-0.25, -0.2) is 0 Å². The summed E-state index contributed by atoms with van der Waals surface area (Å²) in [6, 6.07) is 0. The van der Waals surface area contributed by atoms with Gasteiger partial charge in [0.25, 0.3) is 0 Å². The van der Waals surface area contributed by atoms with Gasteiger partial charge in [0.2, 0.25) is 0 Å². The summed E-state index contributed by atoms with van der Waals surface area (Å²) in [5.41, 5.74) is 0. The van der Waals surface area contributed by atoms with E-state index in [9.17, 15) is 0 Å². The van der Waals surface area contributed by atoms with Crippen LogP contribution in [-0.2, 0) is 0 Å². The Kier molecular flexibility index (Phi) is 7.99. The van der Waals surface area contributed by atoms with Crippen LogP contribution in [0.5, 0.6) is 0 Å². The van der Waals surface area contributed by atoms with Crippen LogP contribution in [0, 0.1) is 11.8 Å². The molecule has 1 unspecified atom stereocenters. The Morgan fingerprint density at radius 3 is 2.33 bits per heavy atom. The average molecular weight is 233 g/mol. The predicted molar refractivity (Wildman–Crippen MR) is 60.8 cm³/mol. The van der Waals surface area contributed by atoms with E-state index in [-0.39, 0.29) is 0 Å². The maximum Gasteiger partial charge on any atom is 0.00627 e. The van der Waals surface area contributed by atoms with Gasteiger partial charge in [0, 0.05) is 5.33 Å². The highest BCUT2D eigenvalue weighted by Gasteiger charge is 2.06. The fraction of sp³-hybridized carbons (Fsp3) is 0.818. The first kappa shape index (κ1) is 12.2. The van der Waals surface area contributed by atoms with Crippen LogP contribution in [-0.4, -0.2) is 5.33 Å². The van der Waals surface area contributed by atoms with E-state index in [0.717, 1.165) is 23.6 Å². The predicted octanol–water partition coefficient (Wildman–Crippen LogP) is 4.40. The van der Waals surface area contributed by atoms with Gasteiger partial charge < -0.3 is 0 Å². The van der Waals surface area contributed by atoms with Crippen molar-refractivity contribution in [3.63, 3.8) is 0 Å². The van der Waals surface area contributed by atoms with E-state index in [0.29, 0.717) is 0 Å². The van der Waals surface area contributed by atoms with E-state index in [4.69, 9.17) is 0 Å². The quantitative estimate of drug-likeness (QED) is 0.471. The molecule has 0 aliphatic rings. The van der Waals surface area contributed by atoms with E-state index in [1.54, 1.807) is 0 Å². The van der Waals surface area contributed by atoms with Crippen molar-refractivity contribution >= 4 is 15.9 Å². The van der Waals surface area contributed by atoms with Crippen LogP contribution in [0.15, 0.2) is 12.2 Å². The number of hydrogen-bond donors (Lipinski definition) is 0. The van der Waals surface area contributed by atoms with Crippen LogP contribution in [0.1, 0.15) is 40.0 Å². The molecule has 72 valence electrons. The molecule has 0 nitrogen and oxygen atoms in total. The highest BCUT2D eigenvalue weighted by Crippen LogP contribution is 2.18. The second-order valence-corrected chi connectivity index (χ2v) is 4.41. The molecule has 0 fully saturated rings. The minimum atomic E-state index is 0.822. The van der Waals surface area contributed by atoms with E-state index in [2.05, 4.69) is 48.9 Å². The lowest BCUT2D eigenvalue weighted by atomic mass is 9.96. The van der Waals surface area contributed by atoms with Crippen molar-refractivity contribution < 1.29 is 0 Å². The SMILES string of the molecule is CC/C=C\CC(CBr)CC(C)C. The van der Waals surface area contributed by atoms with E-state index >= 15 is 0 Å². The molecule has 0 spiro atoms. The van der Waals surface area contributed by atoms with Crippen LogP contribution in [0.3, 0.4) is 0 Å². The van der Waals surface area contributed by atoms with Crippen molar-refractivity contribution in [1.29, 1.82) is 0 Å². The highest BCUT2D eigenvalue weighted by atomic mass is 79.9. The van der Waals surface area contributed by atoms with Gasteiger partial charge in [-0.05, 0) is 31.1 Å². The fourth-order valence-corrected chi connectivity index (χ4v) is 1.87. The monoisotopic (exact) mass is 232 g/mol. The Bertz CT molecular complexity index is 116. The zero-order valence-corrected chi connectivity index (χ0v) is 10.1. The molecule has 0 aliphatic heterocycles. The van der Waals surface area contributed by atoms with Gasteiger partial charge >= 0.3 is 0 Å². The van der Waals surface area contributed by atoms with Crippen molar-refractivity contribution in [3.8, 4) is 0 Å². The molecule has 0 heterocycles. The first-order valence-electron chi connectivity index (χ1n) is 4.91. The maximum absolute atomic E-state index is 3.56. The molecule has 1 atom stereocenters. The Morgan fingerprint density at radius 2 is 1.92 bits per heavy atom. The van der Waals surface area contributed by atoms with Crippen molar-refractivity contribution in [1.82, 2.24) is 0 Å². The molecule has 0 amide bonds. The summed E-state index contributed by atoms with van der Waals surface area (Å²) in [5, 5.41) is 1.14. The fourth-order valence-electron chi connectivity index (χ4n) is 1.34. The van der Waals surface area contributed by atoms with Crippen molar-refractivity contribution in [2.75, 3.05) is 5.33 Å². The molecule has 0 radical (unpaired) electrons. The van der Waals surface area contributed by atoms with Gasteiger partial charge in [0.1, 0.15) is 0 Å². The Balaban J connectivity index is 3.60. The molecule has 0 aliphatic carbocycles. The number of hydrogen-bond acceptors (Lipinski definition) is 0. The summed E-state index contributed by atoms with van der Waals surface area (Å²) < 4.78 is 0. The lowest BCUT2D eigenvalue weighted by Crippen LogP contribution is -2.04. The van der Waals surface area contributed by atoms with Crippen molar-refractivity contribution in [2.45, 2.75) is 40.0 Å². The van der Waals surface area contributed by atoms with Crippen LogP contribution < -0.4 is 0 Å². The third kappa shape index (κ3) is 6.90. The van der Waals surface area contributed by atoms with Gasteiger partial charge in [0.15, 0.2) is 0 Å². The molecule has 0 aromatic carbocycles. The second-order valence-electron chi connectivity index (χ2n) is 3.77. The van der Waals surface area contributed by atoms with E-state index in [1.165, 1.54) is 12.8 Å². The number of rotatable bonds is 6. The van der Waals surface area contributed by atoms with Gasteiger partial charge in [-0.15, -0.1) is 0 Å². The maximum atomic E-state index is 3.56. The topological polar surface area (TPSA) is 0 Å². The van der Waals surface area contributed by atoms with Gasteiger partial charge in [0.05, 0.1) is 0 Å². The number of allylic oxidation sites excluding steroid dienone is 2. The van der Waals surface area contributed by atoms with Crippen LogP contribution >= 0.6 is 15.9 Å².